The highest BCUT2D eigenvalue weighted by Crippen LogP contribution is 2.70. The maximum absolute atomic E-state index is 13.1. The van der Waals surface area contributed by atoms with Crippen molar-refractivity contribution in [2.45, 2.75) is 70.8 Å². The van der Waals surface area contributed by atoms with Gasteiger partial charge in [0.25, 0.3) is 0 Å². The van der Waals surface area contributed by atoms with Crippen molar-refractivity contribution in [2.24, 2.45) is 35.0 Å². The Hall–Kier alpha value is -0.950. The molecule has 0 bridgehead atoms. The fourth-order valence-corrected chi connectivity index (χ4v) is 7.88. The minimum absolute atomic E-state index is 0.136. The molecule has 3 N–H and O–H groups in total. The number of hydrazine groups is 2. The van der Waals surface area contributed by atoms with Crippen molar-refractivity contribution in [1.82, 2.24) is 16.0 Å². The molecule has 0 aromatic carbocycles. The summed E-state index contributed by atoms with van der Waals surface area (Å²) < 4.78 is 6.10. The number of allylic oxidation sites excluding steroid dienone is 2. The highest BCUT2D eigenvalue weighted by Gasteiger charge is 2.64. The maximum Gasteiger partial charge on any atom is 0.152 e. The van der Waals surface area contributed by atoms with E-state index in [1.54, 1.807) is 0 Å². The number of nitrogens with one attached hydrogen (secondary N) is 2. The Morgan fingerprint density at radius 2 is 1.97 bits per heavy atom. The molecule has 6 nitrogen and oxygen atoms in total. The molecule has 0 aromatic heterocycles. The zero-order valence-electron chi connectivity index (χ0n) is 18.7. The van der Waals surface area contributed by atoms with Gasteiger partial charge in [0, 0.05) is 24.4 Å². The van der Waals surface area contributed by atoms with Crippen LogP contribution in [0.2, 0.25) is 0 Å². The third-order valence-electron chi connectivity index (χ3n) is 9.26. The van der Waals surface area contributed by atoms with Gasteiger partial charge < -0.3 is 9.84 Å². The van der Waals surface area contributed by atoms with Crippen LogP contribution < -0.4 is 10.9 Å². The zero-order valence-corrected chi connectivity index (χ0v) is 18.7. The Kier molecular flexibility index (Phi) is 5.71. The van der Waals surface area contributed by atoms with Crippen molar-refractivity contribution >= 4 is 5.78 Å². The first-order valence-electron chi connectivity index (χ1n) is 12.3. The maximum atomic E-state index is 13.1. The van der Waals surface area contributed by atoms with Gasteiger partial charge in [0.15, 0.2) is 5.78 Å². The molecule has 4 aliphatic carbocycles. The van der Waals surface area contributed by atoms with E-state index >= 15 is 0 Å². The van der Waals surface area contributed by atoms with E-state index in [2.05, 4.69) is 17.8 Å². The van der Waals surface area contributed by atoms with Crippen molar-refractivity contribution in [3.05, 3.63) is 11.3 Å². The molecule has 0 aromatic rings. The molecule has 0 amide bonds. The van der Waals surface area contributed by atoms with Gasteiger partial charge in [0.2, 0.25) is 0 Å². The summed E-state index contributed by atoms with van der Waals surface area (Å²) in [5.41, 5.74) is 8.16. The number of hydrogen-bond donors (Lipinski definition) is 3. The molecule has 1 heterocycles. The van der Waals surface area contributed by atoms with Gasteiger partial charge in [0.05, 0.1) is 19.8 Å². The van der Waals surface area contributed by atoms with Crippen LogP contribution in [0.5, 0.6) is 0 Å². The summed E-state index contributed by atoms with van der Waals surface area (Å²) in [7, 11) is 1.85. The molecule has 3 saturated carbocycles. The molecule has 5 aliphatic rings. The van der Waals surface area contributed by atoms with E-state index in [-0.39, 0.29) is 17.4 Å². The summed E-state index contributed by atoms with van der Waals surface area (Å²) in [6, 6.07) is 0. The molecular weight excluding hydrogens is 378 g/mol. The number of ether oxygens (including phenoxy) is 1. The Labute approximate surface area is 180 Å². The van der Waals surface area contributed by atoms with Crippen LogP contribution in [-0.2, 0) is 9.53 Å². The molecule has 0 radical (unpaired) electrons. The van der Waals surface area contributed by atoms with Gasteiger partial charge in [-0.2, -0.15) is 5.12 Å². The molecule has 4 fully saturated rings. The predicted octanol–water partition coefficient (Wildman–Crippen LogP) is 2.79. The van der Waals surface area contributed by atoms with E-state index < -0.39 is 0 Å². The Morgan fingerprint density at radius 3 is 2.73 bits per heavy atom. The van der Waals surface area contributed by atoms with Gasteiger partial charge in [0.1, 0.15) is 5.76 Å². The van der Waals surface area contributed by atoms with Gasteiger partial charge in [-0.3, -0.25) is 4.79 Å². The van der Waals surface area contributed by atoms with E-state index in [4.69, 9.17) is 4.74 Å². The van der Waals surface area contributed by atoms with Crippen molar-refractivity contribution in [3.8, 4) is 0 Å². The third-order valence-corrected chi connectivity index (χ3v) is 9.26. The lowest BCUT2D eigenvalue weighted by Crippen LogP contribution is -2.58. The Balaban J connectivity index is 1.40. The third kappa shape index (κ3) is 3.26. The zero-order chi connectivity index (χ0) is 20.9. The van der Waals surface area contributed by atoms with Gasteiger partial charge in [-0.05, 0) is 87.0 Å². The summed E-state index contributed by atoms with van der Waals surface area (Å²) in [6.45, 7) is 4.65. The lowest BCUT2D eigenvalue weighted by atomic mass is 9.41. The van der Waals surface area contributed by atoms with Crippen molar-refractivity contribution in [1.29, 1.82) is 0 Å². The fourth-order valence-electron chi connectivity index (χ4n) is 7.88. The second kappa shape index (κ2) is 8.19. The van der Waals surface area contributed by atoms with Crippen LogP contribution >= 0.6 is 0 Å². The molecule has 5 rings (SSSR count). The minimum Gasteiger partial charge on any atom is -0.501 e. The topological polar surface area (TPSA) is 73.8 Å². The summed E-state index contributed by atoms with van der Waals surface area (Å²) >= 11 is 0. The normalized spacial score (nSPS) is 44.2. The molecule has 1 unspecified atom stereocenters. The number of rotatable bonds is 4. The number of aliphatic hydroxyl groups excluding tert-OH is 1. The van der Waals surface area contributed by atoms with Gasteiger partial charge >= 0.3 is 0 Å². The lowest BCUT2D eigenvalue weighted by molar-refractivity contribution is -0.125. The highest BCUT2D eigenvalue weighted by molar-refractivity contribution is 5.82. The molecular formula is C24H39N3O3. The number of carbonyl (C=O) groups is 1. The largest absolute Gasteiger partial charge is 0.501 e. The molecule has 1 spiro atoms. The van der Waals surface area contributed by atoms with Crippen molar-refractivity contribution < 1.29 is 14.6 Å². The molecule has 168 valence electrons. The first-order chi connectivity index (χ1) is 14.5. The average Bonchev–Trinajstić information content (AvgIpc) is 3.24. The average molecular weight is 418 g/mol. The Morgan fingerprint density at radius 1 is 1.17 bits per heavy atom. The molecule has 1 saturated heterocycles. The molecule has 30 heavy (non-hydrogen) atoms. The first-order valence-corrected chi connectivity index (χ1v) is 12.3. The van der Waals surface area contributed by atoms with Crippen LogP contribution in [0.4, 0.5) is 0 Å². The van der Waals surface area contributed by atoms with Gasteiger partial charge in [-0.25, -0.2) is 10.9 Å². The second-order valence-electron chi connectivity index (χ2n) is 10.6. The second-order valence-corrected chi connectivity index (χ2v) is 10.6. The van der Waals surface area contributed by atoms with Gasteiger partial charge in [-0.1, -0.05) is 6.92 Å². The fraction of sp³-hybridized carbons (Fsp3) is 0.875. The first kappa shape index (κ1) is 20.9. The monoisotopic (exact) mass is 417 g/mol. The number of Topliss-reactive ketones (excluding diaryl/α,β-unsaturated/α-hetero) is 1. The van der Waals surface area contributed by atoms with Crippen LogP contribution in [0.15, 0.2) is 11.3 Å². The predicted molar refractivity (Wildman–Crippen MR) is 115 cm³/mol. The van der Waals surface area contributed by atoms with Crippen molar-refractivity contribution in [2.75, 3.05) is 26.7 Å². The van der Waals surface area contributed by atoms with Crippen LogP contribution in [-0.4, -0.2) is 48.9 Å². The van der Waals surface area contributed by atoms with Crippen LogP contribution in [0, 0.1) is 35.0 Å². The highest BCUT2D eigenvalue weighted by atomic mass is 16.5. The molecule has 7 atom stereocenters. The SMILES string of the molecule is COC1=C2CC[C@@H](C(=O)CN3NCCN3)CC[C@H](C)[C@@H]3CC[C@H]4C[C@H](O)CC[C@@]14C23. The van der Waals surface area contributed by atoms with Crippen LogP contribution in [0.25, 0.3) is 0 Å². The van der Waals surface area contributed by atoms with E-state index in [0.717, 1.165) is 58.0 Å². The number of aliphatic hydroxyl groups is 1. The quantitative estimate of drug-likeness (QED) is 0.653. The molecule has 1 aliphatic heterocycles. The summed E-state index contributed by atoms with van der Waals surface area (Å²) in [4.78, 5) is 13.1. The number of carbonyl (C=O) groups excluding carboxylic acids is 1. The van der Waals surface area contributed by atoms with E-state index in [1.807, 2.05) is 12.2 Å². The van der Waals surface area contributed by atoms with Gasteiger partial charge in [-0.15, -0.1) is 0 Å². The number of nitrogens with zero attached hydrogens (tertiary/aromatic N) is 1. The summed E-state index contributed by atoms with van der Waals surface area (Å²) in [6.07, 6.45) is 9.40. The van der Waals surface area contributed by atoms with E-state index in [1.165, 1.54) is 24.2 Å². The number of hydrogen-bond acceptors (Lipinski definition) is 6. The smallest absolute Gasteiger partial charge is 0.152 e. The number of ketones is 1. The Bertz CT molecular complexity index is 704. The van der Waals surface area contributed by atoms with E-state index in [0.29, 0.717) is 36.0 Å². The van der Waals surface area contributed by atoms with E-state index in [9.17, 15) is 9.90 Å². The summed E-state index contributed by atoms with van der Waals surface area (Å²) in [5.74, 6) is 4.29. The summed E-state index contributed by atoms with van der Waals surface area (Å²) in [5, 5.41) is 12.2. The van der Waals surface area contributed by atoms with Crippen LogP contribution in [0.3, 0.4) is 0 Å². The van der Waals surface area contributed by atoms with Crippen LogP contribution in [0.1, 0.15) is 64.7 Å². The van der Waals surface area contributed by atoms with Crippen molar-refractivity contribution in [3.63, 3.8) is 0 Å². The lowest BCUT2D eigenvalue weighted by Gasteiger charge is -2.64. The molecule has 6 heteroatoms. The standard InChI is InChI=1S/C24H39N3O3/c1-15-3-4-16(21(29)14-27-25-11-12-26-27)5-7-20-22-19(15)8-6-17-13-18(28)9-10-24(17,22)23(20)30-2/h15-19,22,25-26,28H,3-14H2,1-2H3/t15-,16-,17-,18+,19-,22?,24+/m0/s1. The number of methoxy groups -OCH3 is 1. The minimum atomic E-state index is -0.136.